The van der Waals surface area contributed by atoms with Crippen molar-refractivity contribution in [1.29, 1.82) is 10.5 Å². The molecule has 0 spiro atoms. The van der Waals surface area contributed by atoms with E-state index in [9.17, 15) is 29.7 Å². The minimum absolute atomic E-state index is 0.0934. The molecule has 20 aromatic rings. The molecule has 0 bridgehead atoms. The number of nitrogens with zero attached hydrogens (tertiary/aromatic N) is 7. The van der Waals surface area contributed by atoms with Gasteiger partial charge in [-0.15, -0.1) is 0 Å². The van der Waals surface area contributed by atoms with Crippen LogP contribution in [0.15, 0.2) is 400 Å². The Hall–Kier alpha value is -16.0. The zero-order chi connectivity index (χ0) is 99.5. The Bertz CT molecular complexity index is 8550. The third-order valence-electron chi connectivity index (χ3n) is 26.3. The van der Waals surface area contributed by atoms with Crippen molar-refractivity contribution in [2.45, 2.75) is 71.6 Å². The highest BCUT2D eigenvalue weighted by atomic mass is 15.2. The lowest BCUT2D eigenvalue weighted by atomic mass is 9.33. The van der Waals surface area contributed by atoms with Crippen molar-refractivity contribution in [1.82, 2.24) is 9.13 Å². The molecule has 0 radical (unpaired) electrons. The first-order valence-corrected chi connectivity index (χ1v) is 43.6. The second-order valence-corrected chi connectivity index (χ2v) is 36.3. The SMILES string of the molecule is [2H]c1c([2H])c([2H])c2c(c1[2H])c1c([2H])c(C#N)c([2H])c([2H])c1n2-c1ccc2c(c1)N(c1c(-c3ccccc3)cc(C(C)(C)C)cc1-c1cccc(-c3ccccc3)c1)c1cc(-c3ccc4c(c3)C(C)(C)c3ccccc3N4c3ccccc3)cc3c1B2c1ccc(-n2c4c([2H])c([2H])c([2H])c([2H])c4c4c([2H])c(C#N)c([2H])c([2H])c42)cc1N3c1c(-c2ccccc2)cc(C(C)(C)C)cc1-c1cccc(-c2ccccc2)c1. The minimum atomic E-state index is -0.897. The molecule has 23 rings (SSSR count). The third-order valence-corrected chi connectivity index (χ3v) is 26.3. The second-order valence-electron chi connectivity index (χ2n) is 36.3. The number of aromatic nitrogens is 2. The molecule has 0 fully saturated rings. The summed E-state index contributed by atoms with van der Waals surface area (Å²) in [5.74, 6) is 0. The summed E-state index contributed by atoms with van der Waals surface area (Å²) in [6, 6.07) is 106. The first kappa shape index (κ1) is 63.9. The van der Waals surface area contributed by atoms with E-state index in [1.807, 2.05) is 127 Å². The lowest BCUT2D eigenvalue weighted by Crippen LogP contribution is -2.61. The molecular formula is C121H90BN7. The van der Waals surface area contributed by atoms with Crippen molar-refractivity contribution in [3.05, 3.63) is 433 Å². The maximum atomic E-state index is 10.9. The molecule has 0 amide bonds. The standard InChI is InChI=1S/C121H90BN7/c1-119(2,3)89-69-96(81-36-18-11-19-37-81)117(98(71-89)86-42-30-40-83(64-86)79-32-14-9-15-33-79)128-112-73-92(126-106-49-27-24-46-94(106)100-62-77(75-123)52-59-108(100)126)55-57-104(112)122-105-58-56-93(127-107-50-28-25-47-95(107)101-63-78(76-124)53-60-109(101)127)74-113(105)129(118-97(82-38-20-12-21-39-82)70-90(120(4,5)6)72-99(118)87-43-31-41-84(65-87)80-34-16-10-17-35-80)115-68-88(67-114(128)116(115)122)85-54-61-111-103(66-85)121(7,8)102-48-26-29-51-110(102)125(111)91-44-22-13-23-45-91/h9-74H,1-8H3/i24D,25D,27D,28D,46D,47D,49D,50D,52D,53D,59D,60D,62D,63D. The second kappa shape index (κ2) is 30.1. The Morgan fingerprint density at radius 1 is 0.295 bits per heavy atom. The number of rotatable bonds is 12. The van der Waals surface area contributed by atoms with E-state index in [0.29, 0.717) is 45.0 Å². The van der Waals surface area contributed by atoms with Crippen LogP contribution in [0.5, 0.6) is 0 Å². The highest BCUT2D eigenvalue weighted by Crippen LogP contribution is 2.59. The van der Waals surface area contributed by atoms with Crippen molar-refractivity contribution >= 4 is 118 Å². The third kappa shape index (κ3) is 12.8. The van der Waals surface area contributed by atoms with Gasteiger partial charge in [0.15, 0.2) is 0 Å². The Morgan fingerprint density at radius 2 is 0.682 bits per heavy atom. The fraction of sp³-hybridized carbons (Fsp3) is 0.0909. The van der Waals surface area contributed by atoms with Gasteiger partial charge >= 0.3 is 0 Å². The van der Waals surface area contributed by atoms with Gasteiger partial charge in [0.1, 0.15) is 0 Å². The van der Waals surface area contributed by atoms with E-state index < -0.39 is 119 Å². The van der Waals surface area contributed by atoms with Crippen molar-refractivity contribution < 1.29 is 19.2 Å². The normalized spacial score (nSPS) is 14.6. The molecule has 2 aromatic heterocycles. The van der Waals surface area contributed by atoms with Crippen LogP contribution in [-0.4, -0.2) is 15.8 Å². The van der Waals surface area contributed by atoms with E-state index in [1.54, 1.807) is 9.13 Å². The number of hydrogen-bond donors (Lipinski definition) is 0. The fourth-order valence-corrected chi connectivity index (χ4v) is 20.0. The maximum Gasteiger partial charge on any atom is 0.252 e. The average molecular weight is 1670 g/mol. The molecule has 129 heavy (non-hydrogen) atoms. The van der Waals surface area contributed by atoms with Crippen molar-refractivity contribution in [3.8, 4) is 101 Å². The summed E-state index contributed by atoms with van der Waals surface area (Å²) in [6.45, 7) is 17.0. The van der Waals surface area contributed by atoms with Crippen LogP contribution in [0.4, 0.5) is 51.2 Å². The van der Waals surface area contributed by atoms with Crippen LogP contribution in [0.3, 0.4) is 0 Å². The monoisotopic (exact) mass is 1670 g/mol. The van der Waals surface area contributed by atoms with Crippen molar-refractivity contribution in [2.75, 3.05) is 14.7 Å². The molecule has 8 heteroatoms. The summed E-state index contributed by atoms with van der Waals surface area (Å²) in [6.07, 6.45) is 0. The van der Waals surface area contributed by atoms with E-state index in [4.69, 9.17) is 0 Å². The van der Waals surface area contributed by atoms with Gasteiger partial charge in [0.25, 0.3) is 6.71 Å². The van der Waals surface area contributed by atoms with Gasteiger partial charge in [-0.25, -0.2) is 0 Å². The highest BCUT2D eigenvalue weighted by molar-refractivity contribution is 7.00. The van der Waals surface area contributed by atoms with Gasteiger partial charge in [0, 0.05) is 89.0 Å². The average Bonchev–Trinajstić information content (AvgIpc) is 1.63. The Labute approximate surface area is 773 Å². The van der Waals surface area contributed by atoms with Crippen LogP contribution in [0.2, 0.25) is 0 Å². The first-order valence-electron chi connectivity index (χ1n) is 50.6. The topological polar surface area (TPSA) is 67.2 Å². The minimum Gasteiger partial charge on any atom is -0.310 e. The van der Waals surface area contributed by atoms with Crippen LogP contribution >= 0.6 is 0 Å². The van der Waals surface area contributed by atoms with Crippen LogP contribution in [0.1, 0.15) is 108 Å². The smallest absolute Gasteiger partial charge is 0.252 e. The highest BCUT2D eigenvalue weighted by Gasteiger charge is 2.47. The number of fused-ring (bicyclic) bond motifs is 12. The van der Waals surface area contributed by atoms with E-state index in [1.165, 1.54) is 0 Å². The molecule has 0 atom stereocenters. The van der Waals surface area contributed by atoms with E-state index in [0.717, 1.165) is 123 Å². The van der Waals surface area contributed by atoms with Crippen LogP contribution in [-0.2, 0) is 16.2 Å². The molecule has 0 aliphatic carbocycles. The first-order chi connectivity index (χ1) is 68.8. The predicted molar refractivity (Wildman–Crippen MR) is 541 cm³/mol. The molecule has 5 heterocycles. The van der Waals surface area contributed by atoms with Gasteiger partial charge < -0.3 is 23.8 Å². The largest absolute Gasteiger partial charge is 0.310 e. The van der Waals surface area contributed by atoms with Crippen LogP contribution in [0, 0.1) is 22.7 Å². The molecule has 3 aliphatic rings. The number of nitriles is 2. The fourth-order valence-electron chi connectivity index (χ4n) is 20.0. The molecule has 612 valence electrons. The predicted octanol–water partition coefficient (Wildman–Crippen LogP) is 30.1. The molecule has 7 nitrogen and oxygen atoms in total. The lowest BCUT2D eigenvalue weighted by Gasteiger charge is -2.46. The van der Waals surface area contributed by atoms with Gasteiger partial charge in [-0.2, -0.15) is 10.5 Å². The molecule has 3 aliphatic heterocycles. The summed E-state index contributed by atoms with van der Waals surface area (Å²) in [4.78, 5) is 7.07. The number of hydrogen-bond acceptors (Lipinski definition) is 5. The molecule has 18 aromatic carbocycles. The summed E-state index contributed by atoms with van der Waals surface area (Å²) in [5, 5.41) is 21.4. The quantitative estimate of drug-likeness (QED) is 0.114. The van der Waals surface area contributed by atoms with Crippen molar-refractivity contribution in [2.24, 2.45) is 0 Å². The van der Waals surface area contributed by atoms with Gasteiger partial charge in [0.05, 0.1) is 87.3 Å². The Morgan fingerprint density at radius 3 is 1.14 bits per heavy atom. The van der Waals surface area contributed by atoms with Gasteiger partial charge in [-0.05, 0) is 257 Å². The van der Waals surface area contributed by atoms with Crippen molar-refractivity contribution in [3.63, 3.8) is 0 Å². The number of benzene rings is 18. The van der Waals surface area contributed by atoms with E-state index >= 15 is 0 Å². The van der Waals surface area contributed by atoms with Gasteiger partial charge in [-0.3, -0.25) is 0 Å². The van der Waals surface area contributed by atoms with Crippen LogP contribution < -0.4 is 31.1 Å². The van der Waals surface area contributed by atoms with E-state index in [2.05, 4.69) is 270 Å². The zero-order valence-electron chi connectivity index (χ0n) is 86.2. The summed E-state index contributed by atoms with van der Waals surface area (Å²) < 4.78 is 141. The van der Waals surface area contributed by atoms with Gasteiger partial charge in [0.2, 0.25) is 0 Å². The zero-order valence-corrected chi connectivity index (χ0v) is 72.2. The molecule has 0 N–H and O–H groups in total. The Kier molecular flexibility index (Phi) is 14.9. The van der Waals surface area contributed by atoms with E-state index in [-0.39, 0.29) is 55.0 Å². The van der Waals surface area contributed by atoms with Crippen LogP contribution in [0.25, 0.3) is 133 Å². The molecule has 0 saturated carbocycles. The molecule has 0 saturated heterocycles. The molecular weight excluding hydrogens is 1560 g/mol. The summed E-state index contributed by atoms with van der Waals surface area (Å²) in [7, 11) is 0. The summed E-state index contributed by atoms with van der Waals surface area (Å²) >= 11 is 0. The summed E-state index contributed by atoms with van der Waals surface area (Å²) in [5.41, 5.74) is 22.8. The maximum absolute atomic E-state index is 10.9. The number of para-hydroxylation sites is 4. The van der Waals surface area contributed by atoms with Gasteiger partial charge in [-0.1, -0.05) is 304 Å². The molecule has 0 unspecified atom stereocenters. The lowest BCUT2D eigenvalue weighted by molar-refractivity contribution is 0.590. The number of anilines is 9. The Balaban J connectivity index is 0.956.